The Morgan fingerprint density at radius 1 is 1.15 bits per heavy atom. The molecule has 0 aliphatic heterocycles. The van der Waals surface area contributed by atoms with Crippen LogP contribution in [0.25, 0.3) is 21.6 Å². The molecular weight excluding hydrogens is 398 g/mol. The Labute approximate surface area is 160 Å². The summed E-state index contributed by atoms with van der Waals surface area (Å²) in [5.41, 5.74) is 2.33. The fourth-order valence-electron chi connectivity index (χ4n) is 2.46. The van der Waals surface area contributed by atoms with E-state index in [0.717, 1.165) is 27.4 Å². The van der Waals surface area contributed by atoms with Crippen LogP contribution in [0.15, 0.2) is 47.4 Å². The summed E-state index contributed by atoms with van der Waals surface area (Å²) >= 11 is 8.84. The van der Waals surface area contributed by atoms with Crippen molar-refractivity contribution in [3.63, 3.8) is 0 Å². The number of fused-ring (bicyclic) bond motifs is 1. The summed E-state index contributed by atoms with van der Waals surface area (Å²) in [6.45, 7) is 0. The lowest BCUT2D eigenvalue weighted by Gasteiger charge is -2.04. The second-order valence-corrected chi connectivity index (χ2v) is 7.89. The summed E-state index contributed by atoms with van der Waals surface area (Å²) in [4.78, 5) is 0.965. The number of hydrogen-bond donors (Lipinski definition) is 1. The molecule has 26 heavy (non-hydrogen) atoms. The maximum absolute atomic E-state index is 12.8. The zero-order chi connectivity index (χ0) is 18.1. The summed E-state index contributed by atoms with van der Waals surface area (Å²) in [6.07, 6.45) is -2.64. The predicted molar refractivity (Wildman–Crippen MR) is 101 cm³/mol. The zero-order valence-electron chi connectivity index (χ0n) is 13.1. The molecule has 1 N–H and O–H groups in total. The number of alkyl halides is 2. The first kappa shape index (κ1) is 17.4. The number of hydrogen-bond acceptors (Lipinski definition) is 5. The van der Waals surface area contributed by atoms with Gasteiger partial charge in [-0.25, -0.2) is 8.78 Å². The molecule has 2 aromatic heterocycles. The topological polar surface area (TPSA) is 54.5 Å². The van der Waals surface area contributed by atoms with Crippen molar-refractivity contribution in [2.24, 2.45) is 0 Å². The van der Waals surface area contributed by atoms with E-state index >= 15 is 0 Å². The van der Waals surface area contributed by atoms with Gasteiger partial charge < -0.3 is 0 Å². The minimum absolute atomic E-state index is 0.316. The molecule has 4 nitrogen and oxygen atoms in total. The van der Waals surface area contributed by atoms with Crippen LogP contribution in [0.3, 0.4) is 0 Å². The first-order chi connectivity index (χ1) is 12.6. The van der Waals surface area contributed by atoms with Crippen molar-refractivity contribution in [3.8, 4) is 10.7 Å². The number of aromatic amines is 1. The van der Waals surface area contributed by atoms with E-state index in [9.17, 15) is 8.78 Å². The molecule has 0 saturated heterocycles. The van der Waals surface area contributed by atoms with Gasteiger partial charge in [0.1, 0.15) is 11.2 Å². The lowest BCUT2D eigenvalue weighted by atomic mass is 10.2. The maximum atomic E-state index is 12.8. The van der Waals surface area contributed by atoms with Crippen LogP contribution in [0.1, 0.15) is 17.0 Å². The Bertz CT molecular complexity index is 1050. The standard InChI is InChI=1S/C17H11ClF2N4S2/c18-12-7-10(25-8-9-4-2-1-3-5-9)6-11-13(12)21-22-14(11)16-23-24-17(26-16)15(19)20/h1-7,15H,8H2,(H,21,22). The summed E-state index contributed by atoms with van der Waals surface area (Å²) in [5.74, 6) is 0.796. The van der Waals surface area contributed by atoms with Crippen LogP contribution >= 0.6 is 34.7 Å². The van der Waals surface area contributed by atoms with Crippen LogP contribution < -0.4 is 0 Å². The molecular formula is C17H11ClF2N4S2. The van der Waals surface area contributed by atoms with Crippen LogP contribution in [0.5, 0.6) is 0 Å². The lowest BCUT2D eigenvalue weighted by Crippen LogP contribution is -1.82. The van der Waals surface area contributed by atoms with E-state index in [-0.39, 0.29) is 5.01 Å². The average molecular weight is 409 g/mol. The molecule has 132 valence electrons. The molecule has 0 aliphatic carbocycles. The molecule has 0 bridgehead atoms. The summed E-state index contributed by atoms with van der Waals surface area (Å²) in [6, 6.07) is 13.9. The molecule has 4 rings (SSSR count). The van der Waals surface area contributed by atoms with Crippen LogP contribution in [0.2, 0.25) is 5.02 Å². The van der Waals surface area contributed by atoms with E-state index in [1.54, 1.807) is 11.8 Å². The van der Waals surface area contributed by atoms with Gasteiger partial charge in [0.25, 0.3) is 6.43 Å². The first-order valence-electron chi connectivity index (χ1n) is 7.58. The SMILES string of the molecule is FC(F)c1nnc(-c2[nH]nc3c(Cl)cc(SCc4ccccc4)cc23)s1. The highest BCUT2D eigenvalue weighted by Gasteiger charge is 2.19. The van der Waals surface area contributed by atoms with Gasteiger partial charge in [-0.05, 0) is 17.7 Å². The van der Waals surface area contributed by atoms with Gasteiger partial charge in [0.2, 0.25) is 0 Å². The molecule has 0 saturated carbocycles. The predicted octanol–water partition coefficient (Wildman–Crippen LogP) is 5.96. The van der Waals surface area contributed by atoms with Crippen LogP contribution in [-0.4, -0.2) is 20.4 Å². The number of halogens is 3. The molecule has 0 fully saturated rings. The molecule has 0 amide bonds. The summed E-state index contributed by atoms with van der Waals surface area (Å²) < 4.78 is 25.6. The van der Waals surface area contributed by atoms with E-state index in [0.29, 0.717) is 21.2 Å². The van der Waals surface area contributed by atoms with Gasteiger partial charge in [-0.1, -0.05) is 53.3 Å². The van der Waals surface area contributed by atoms with Crippen molar-refractivity contribution < 1.29 is 8.78 Å². The van der Waals surface area contributed by atoms with Crippen molar-refractivity contribution in [2.75, 3.05) is 0 Å². The molecule has 0 radical (unpaired) electrons. The summed E-state index contributed by atoms with van der Waals surface area (Å²) in [5, 5.41) is 15.7. The van der Waals surface area contributed by atoms with Crippen LogP contribution in [0, 0.1) is 0 Å². The molecule has 9 heteroatoms. The normalized spacial score (nSPS) is 11.5. The van der Waals surface area contributed by atoms with Gasteiger partial charge in [0, 0.05) is 16.0 Å². The maximum Gasteiger partial charge on any atom is 0.291 e. The van der Waals surface area contributed by atoms with Crippen LogP contribution in [0.4, 0.5) is 8.78 Å². The molecule has 0 unspecified atom stereocenters. The Morgan fingerprint density at radius 2 is 1.96 bits per heavy atom. The van der Waals surface area contributed by atoms with Crippen molar-refractivity contribution in [1.29, 1.82) is 0 Å². The van der Waals surface area contributed by atoms with Crippen molar-refractivity contribution in [2.45, 2.75) is 17.1 Å². The largest absolute Gasteiger partial charge is 0.291 e. The number of aromatic nitrogens is 4. The monoisotopic (exact) mass is 408 g/mol. The van der Waals surface area contributed by atoms with E-state index in [1.807, 2.05) is 30.3 Å². The Morgan fingerprint density at radius 3 is 2.69 bits per heavy atom. The second kappa shape index (κ2) is 7.30. The van der Waals surface area contributed by atoms with Gasteiger partial charge in [-0.3, -0.25) is 5.10 Å². The number of benzene rings is 2. The second-order valence-electron chi connectivity index (χ2n) is 5.42. The van der Waals surface area contributed by atoms with E-state index in [4.69, 9.17) is 11.6 Å². The molecule has 2 aromatic carbocycles. The quantitative estimate of drug-likeness (QED) is 0.413. The number of nitrogens with one attached hydrogen (secondary N) is 1. The highest BCUT2D eigenvalue weighted by atomic mass is 35.5. The molecule has 4 aromatic rings. The Kier molecular flexibility index (Phi) is 4.88. The van der Waals surface area contributed by atoms with Gasteiger partial charge >= 0.3 is 0 Å². The van der Waals surface area contributed by atoms with Gasteiger partial charge in [0.15, 0.2) is 10.0 Å². The minimum Gasteiger partial charge on any atom is -0.274 e. The van der Waals surface area contributed by atoms with Crippen molar-refractivity contribution >= 4 is 45.6 Å². The van der Waals surface area contributed by atoms with Gasteiger partial charge in [0.05, 0.1) is 5.02 Å². The lowest BCUT2D eigenvalue weighted by molar-refractivity contribution is 0.150. The smallest absolute Gasteiger partial charge is 0.274 e. The Balaban J connectivity index is 1.68. The fourth-order valence-corrected chi connectivity index (χ4v) is 4.42. The van der Waals surface area contributed by atoms with E-state index in [1.165, 1.54) is 5.56 Å². The first-order valence-corrected chi connectivity index (χ1v) is 9.76. The van der Waals surface area contributed by atoms with Gasteiger partial charge in [-0.2, -0.15) is 5.10 Å². The number of nitrogens with zero attached hydrogens (tertiary/aromatic N) is 3. The number of H-pyrrole nitrogens is 1. The van der Waals surface area contributed by atoms with Crippen molar-refractivity contribution in [1.82, 2.24) is 20.4 Å². The number of thioether (sulfide) groups is 1. The highest BCUT2D eigenvalue weighted by Crippen LogP contribution is 2.37. The Hall–Kier alpha value is -2.03. The summed E-state index contributed by atoms with van der Waals surface area (Å²) in [7, 11) is 0. The average Bonchev–Trinajstić information content (AvgIpc) is 3.28. The third-order valence-corrected chi connectivity index (χ3v) is 5.96. The zero-order valence-corrected chi connectivity index (χ0v) is 15.5. The molecule has 0 spiro atoms. The molecule has 0 atom stereocenters. The fraction of sp³-hybridized carbons (Fsp3) is 0.118. The highest BCUT2D eigenvalue weighted by molar-refractivity contribution is 7.98. The van der Waals surface area contributed by atoms with Gasteiger partial charge in [-0.15, -0.1) is 22.0 Å². The van der Waals surface area contributed by atoms with E-state index < -0.39 is 6.43 Å². The molecule has 2 heterocycles. The molecule has 0 aliphatic rings. The third kappa shape index (κ3) is 3.44. The third-order valence-electron chi connectivity index (χ3n) is 3.68. The van der Waals surface area contributed by atoms with Crippen LogP contribution in [-0.2, 0) is 5.75 Å². The number of rotatable bonds is 5. The minimum atomic E-state index is -2.64. The van der Waals surface area contributed by atoms with E-state index in [2.05, 4.69) is 32.5 Å². The van der Waals surface area contributed by atoms with Crippen molar-refractivity contribution in [3.05, 3.63) is 58.1 Å².